The number of aromatic nitrogens is 2. The van der Waals surface area contributed by atoms with Crippen LogP contribution in [0.15, 0.2) is 30.5 Å². The average Bonchev–Trinajstić information content (AvgIpc) is 2.75. The first kappa shape index (κ1) is 12.6. The molecule has 1 aromatic heterocycles. The second kappa shape index (κ2) is 5.23. The van der Waals surface area contributed by atoms with Crippen LogP contribution in [0.1, 0.15) is 21.6 Å². The molecule has 0 fully saturated rings. The number of amides is 1. The Morgan fingerprint density at radius 2 is 2.16 bits per heavy atom. The van der Waals surface area contributed by atoms with Crippen LogP contribution in [0, 0.1) is 11.3 Å². The lowest BCUT2D eigenvalue weighted by atomic mass is 10.1. The van der Waals surface area contributed by atoms with Gasteiger partial charge in [-0.05, 0) is 17.7 Å². The Bertz CT molecular complexity index is 636. The second-order valence-electron chi connectivity index (χ2n) is 4.10. The van der Waals surface area contributed by atoms with Gasteiger partial charge in [0, 0.05) is 19.8 Å². The first-order valence-electron chi connectivity index (χ1n) is 5.66. The SMILES string of the molecule is Cn1cc(N)c(C(=O)NCc2ccc(C#N)cc2)n1. The fourth-order valence-electron chi connectivity index (χ4n) is 1.65. The fourth-order valence-corrected chi connectivity index (χ4v) is 1.65. The van der Waals surface area contributed by atoms with Gasteiger partial charge in [-0.1, -0.05) is 12.1 Å². The summed E-state index contributed by atoms with van der Waals surface area (Å²) in [5.41, 5.74) is 7.73. The molecule has 2 aromatic rings. The first-order chi connectivity index (χ1) is 9.10. The quantitative estimate of drug-likeness (QED) is 0.847. The van der Waals surface area contributed by atoms with Crippen LogP contribution in [0.5, 0.6) is 0 Å². The molecule has 1 aromatic carbocycles. The smallest absolute Gasteiger partial charge is 0.274 e. The molecular formula is C13H13N5O. The summed E-state index contributed by atoms with van der Waals surface area (Å²) in [5.74, 6) is -0.317. The summed E-state index contributed by atoms with van der Waals surface area (Å²) in [7, 11) is 1.70. The van der Waals surface area contributed by atoms with Gasteiger partial charge in [-0.3, -0.25) is 9.48 Å². The molecule has 2 rings (SSSR count). The van der Waals surface area contributed by atoms with E-state index in [0.29, 0.717) is 17.8 Å². The normalized spacial score (nSPS) is 9.89. The number of hydrogen-bond donors (Lipinski definition) is 2. The molecule has 0 atom stereocenters. The number of nitrogens with zero attached hydrogens (tertiary/aromatic N) is 3. The topological polar surface area (TPSA) is 96.7 Å². The summed E-state index contributed by atoms with van der Waals surface area (Å²) in [5, 5.41) is 15.4. The molecule has 0 aliphatic heterocycles. The van der Waals surface area contributed by atoms with Crippen molar-refractivity contribution in [2.75, 3.05) is 5.73 Å². The van der Waals surface area contributed by atoms with Gasteiger partial charge in [0.25, 0.3) is 5.91 Å². The number of rotatable bonds is 3. The van der Waals surface area contributed by atoms with Crippen LogP contribution in [-0.2, 0) is 13.6 Å². The standard InChI is InChI=1S/C13H13N5O/c1-18-8-11(15)12(17-18)13(19)16-7-10-4-2-9(6-14)3-5-10/h2-5,8H,7,15H2,1H3,(H,16,19). The minimum atomic E-state index is -0.317. The van der Waals surface area contributed by atoms with Crippen LogP contribution in [0.4, 0.5) is 5.69 Å². The molecular weight excluding hydrogens is 242 g/mol. The van der Waals surface area contributed by atoms with E-state index >= 15 is 0 Å². The molecule has 0 saturated carbocycles. The monoisotopic (exact) mass is 255 g/mol. The van der Waals surface area contributed by atoms with E-state index in [1.54, 1.807) is 37.5 Å². The number of nitrogens with two attached hydrogens (primary N) is 1. The Hall–Kier alpha value is -2.81. The molecule has 0 saturated heterocycles. The van der Waals surface area contributed by atoms with Crippen molar-refractivity contribution in [1.82, 2.24) is 15.1 Å². The molecule has 0 aliphatic rings. The third kappa shape index (κ3) is 2.90. The maximum absolute atomic E-state index is 11.9. The molecule has 0 radical (unpaired) electrons. The Morgan fingerprint density at radius 1 is 1.47 bits per heavy atom. The lowest BCUT2D eigenvalue weighted by Gasteiger charge is -2.04. The van der Waals surface area contributed by atoms with Crippen molar-refractivity contribution < 1.29 is 4.79 Å². The van der Waals surface area contributed by atoms with Crippen LogP contribution in [-0.4, -0.2) is 15.7 Å². The fraction of sp³-hybridized carbons (Fsp3) is 0.154. The van der Waals surface area contributed by atoms with E-state index in [0.717, 1.165) is 5.56 Å². The molecule has 19 heavy (non-hydrogen) atoms. The molecule has 0 aliphatic carbocycles. The summed E-state index contributed by atoms with van der Waals surface area (Å²) in [6, 6.07) is 9.03. The molecule has 6 heteroatoms. The highest BCUT2D eigenvalue weighted by Crippen LogP contribution is 2.08. The van der Waals surface area contributed by atoms with Crippen LogP contribution in [0.25, 0.3) is 0 Å². The maximum Gasteiger partial charge on any atom is 0.274 e. The Labute approximate surface area is 110 Å². The predicted octanol–water partition coefficient (Wildman–Crippen LogP) is 0.804. The van der Waals surface area contributed by atoms with Gasteiger partial charge in [0.05, 0.1) is 17.3 Å². The second-order valence-corrected chi connectivity index (χ2v) is 4.10. The van der Waals surface area contributed by atoms with E-state index in [2.05, 4.69) is 10.4 Å². The summed E-state index contributed by atoms with van der Waals surface area (Å²) < 4.78 is 1.49. The van der Waals surface area contributed by atoms with E-state index in [1.807, 2.05) is 6.07 Å². The average molecular weight is 255 g/mol. The van der Waals surface area contributed by atoms with Crippen molar-refractivity contribution in [1.29, 1.82) is 5.26 Å². The van der Waals surface area contributed by atoms with Gasteiger partial charge in [-0.2, -0.15) is 10.4 Å². The van der Waals surface area contributed by atoms with Gasteiger partial charge >= 0.3 is 0 Å². The van der Waals surface area contributed by atoms with Crippen molar-refractivity contribution >= 4 is 11.6 Å². The number of benzene rings is 1. The summed E-state index contributed by atoms with van der Waals surface area (Å²) in [4.78, 5) is 11.9. The Kier molecular flexibility index (Phi) is 3.48. The van der Waals surface area contributed by atoms with E-state index in [-0.39, 0.29) is 11.6 Å². The van der Waals surface area contributed by atoms with Crippen molar-refractivity contribution in [3.8, 4) is 6.07 Å². The summed E-state index contributed by atoms with van der Waals surface area (Å²) >= 11 is 0. The number of aryl methyl sites for hydroxylation is 1. The third-order valence-electron chi connectivity index (χ3n) is 2.61. The van der Waals surface area contributed by atoms with Crippen molar-refractivity contribution in [3.63, 3.8) is 0 Å². The van der Waals surface area contributed by atoms with Crippen LogP contribution >= 0.6 is 0 Å². The number of nitrogens with one attached hydrogen (secondary N) is 1. The van der Waals surface area contributed by atoms with E-state index in [4.69, 9.17) is 11.0 Å². The van der Waals surface area contributed by atoms with E-state index in [9.17, 15) is 4.79 Å². The minimum absolute atomic E-state index is 0.219. The zero-order chi connectivity index (χ0) is 13.8. The van der Waals surface area contributed by atoms with Gasteiger partial charge < -0.3 is 11.1 Å². The number of nitrogen functional groups attached to an aromatic ring is 1. The highest BCUT2D eigenvalue weighted by atomic mass is 16.1. The van der Waals surface area contributed by atoms with E-state index in [1.165, 1.54) is 4.68 Å². The van der Waals surface area contributed by atoms with Gasteiger partial charge in [0.1, 0.15) is 0 Å². The third-order valence-corrected chi connectivity index (χ3v) is 2.61. The highest BCUT2D eigenvalue weighted by Gasteiger charge is 2.13. The molecule has 3 N–H and O–H groups in total. The molecule has 0 bridgehead atoms. The Balaban J connectivity index is 2.00. The van der Waals surface area contributed by atoms with Crippen LogP contribution in [0.2, 0.25) is 0 Å². The lowest BCUT2D eigenvalue weighted by Crippen LogP contribution is -2.24. The lowest BCUT2D eigenvalue weighted by molar-refractivity contribution is 0.0946. The van der Waals surface area contributed by atoms with Crippen molar-refractivity contribution in [2.45, 2.75) is 6.54 Å². The molecule has 96 valence electrons. The predicted molar refractivity (Wildman–Crippen MR) is 69.9 cm³/mol. The maximum atomic E-state index is 11.9. The van der Waals surface area contributed by atoms with Gasteiger partial charge in [-0.15, -0.1) is 0 Å². The number of nitriles is 1. The highest BCUT2D eigenvalue weighted by molar-refractivity contribution is 5.96. The summed E-state index contributed by atoms with van der Waals surface area (Å²) in [6.45, 7) is 0.362. The number of anilines is 1. The van der Waals surface area contributed by atoms with Crippen LogP contribution < -0.4 is 11.1 Å². The number of carbonyl (C=O) groups excluding carboxylic acids is 1. The van der Waals surface area contributed by atoms with Crippen molar-refractivity contribution in [3.05, 3.63) is 47.3 Å². The van der Waals surface area contributed by atoms with Gasteiger partial charge in [0.2, 0.25) is 0 Å². The van der Waals surface area contributed by atoms with Crippen LogP contribution in [0.3, 0.4) is 0 Å². The summed E-state index contributed by atoms with van der Waals surface area (Å²) in [6.07, 6.45) is 1.58. The largest absolute Gasteiger partial charge is 0.396 e. The van der Waals surface area contributed by atoms with E-state index < -0.39 is 0 Å². The molecule has 0 spiro atoms. The zero-order valence-electron chi connectivity index (χ0n) is 10.4. The molecule has 1 heterocycles. The molecule has 6 nitrogen and oxygen atoms in total. The molecule has 1 amide bonds. The van der Waals surface area contributed by atoms with Crippen molar-refractivity contribution in [2.24, 2.45) is 7.05 Å². The first-order valence-corrected chi connectivity index (χ1v) is 5.66. The number of carbonyl (C=O) groups is 1. The minimum Gasteiger partial charge on any atom is -0.396 e. The van der Waals surface area contributed by atoms with Gasteiger partial charge in [-0.25, -0.2) is 0 Å². The number of hydrogen-bond acceptors (Lipinski definition) is 4. The Morgan fingerprint density at radius 3 is 2.68 bits per heavy atom. The molecule has 0 unspecified atom stereocenters. The van der Waals surface area contributed by atoms with Gasteiger partial charge in [0.15, 0.2) is 5.69 Å². The zero-order valence-corrected chi connectivity index (χ0v) is 10.4.